The van der Waals surface area contributed by atoms with E-state index in [0.29, 0.717) is 22.3 Å². The minimum Gasteiger partial charge on any atom is -0.497 e. The number of hydrogen-bond acceptors (Lipinski definition) is 6. The van der Waals surface area contributed by atoms with Crippen molar-refractivity contribution in [1.82, 2.24) is 14.8 Å². The van der Waals surface area contributed by atoms with Gasteiger partial charge < -0.3 is 9.47 Å². The number of carbonyl (C=O) groups excluding carboxylic acids is 1. The highest BCUT2D eigenvalue weighted by Gasteiger charge is 2.19. The number of thioether (sulfide) groups is 1. The number of ketones is 1. The van der Waals surface area contributed by atoms with Crippen LogP contribution in [0.1, 0.15) is 10.4 Å². The third kappa shape index (κ3) is 4.46. The molecule has 0 saturated carbocycles. The summed E-state index contributed by atoms with van der Waals surface area (Å²) < 4.78 is 12.5. The molecule has 0 N–H and O–H groups in total. The van der Waals surface area contributed by atoms with E-state index in [0.717, 1.165) is 17.0 Å². The Labute approximate surface area is 184 Å². The Balaban J connectivity index is 1.66. The van der Waals surface area contributed by atoms with Crippen LogP contribution in [0, 0.1) is 0 Å². The number of ether oxygens (including phenoxy) is 2. The summed E-state index contributed by atoms with van der Waals surface area (Å²) in [5.74, 6) is 2.22. The molecular weight excluding hydrogens is 410 g/mol. The molecule has 0 radical (unpaired) electrons. The highest BCUT2D eigenvalue weighted by molar-refractivity contribution is 7.99. The van der Waals surface area contributed by atoms with Gasteiger partial charge in [0.05, 0.1) is 25.5 Å². The Kier molecular flexibility index (Phi) is 6.33. The molecule has 4 aromatic rings. The second-order valence-corrected chi connectivity index (χ2v) is 7.56. The van der Waals surface area contributed by atoms with Gasteiger partial charge in [0.15, 0.2) is 16.8 Å². The first-order chi connectivity index (χ1) is 15.2. The molecule has 156 valence electrons. The Morgan fingerprint density at radius 3 is 2.29 bits per heavy atom. The van der Waals surface area contributed by atoms with Crippen LogP contribution in [-0.4, -0.2) is 40.5 Å². The Morgan fingerprint density at radius 1 is 0.871 bits per heavy atom. The molecule has 1 heterocycles. The minimum absolute atomic E-state index is 0.0314. The van der Waals surface area contributed by atoms with Crippen molar-refractivity contribution in [3.63, 3.8) is 0 Å². The van der Waals surface area contributed by atoms with Crippen molar-refractivity contribution in [3.8, 4) is 28.6 Å². The Morgan fingerprint density at radius 2 is 1.58 bits per heavy atom. The summed E-state index contributed by atoms with van der Waals surface area (Å²) in [6.45, 7) is 0. The molecule has 7 heteroatoms. The molecule has 0 unspecified atom stereocenters. The smallest absolute Gasteiger partial charge is 0.196 e. The van der Waals surface area contributed by atoms with E-state index < -0.39 is 0 Å². The zero-order valence-electron chi connectivity index (χ0n) is 17.2. The van der Waals surface area contributed by atoms with Gasteiger partial charge in [-0.2, -0.15) is 0 Å². The molecule has 0 aliphatic carbocycles. The lowest BCUT2D eigenvalue weighted by Crippen LogP contribution is -2.06. The number of carbonyl (C=O) groups is 1. The van der Waals surface area contributed by atoms with E-state index in [9.17, 15) is 4.79 Å². The molecule has 4 rings (SSSR count). The van der Waals surface area contributed by atoms with Crippen LogP contribution in [0.2, 0.25) is 0 Å². The third-order valence-corrected chi connectivity index (χ3v) is 5.66. The zero-order chi connectivity index (χ0) is 21.6. The summed E-state index contributed by atoms with van der Waals surface area (Å²) in [7, 11) is 3.20. The largest absolute Gasteiger partial charge is 0.497 e. The van der Waals surface area contributed by atoms with Gasteiger partial charge in [-0.15, -0.1) is 10.2 Å². The number of rotatable bonds is 8. The van der Waals surface area contributed by atoms with Crippen LogP contribution in [0.5, 0.6) is 11.5 Å². The molecule has 3 aromatic carbocycles. The molecule has 0 amide bonds. The van der Waals surface area contributed by atoms with Gasteiger partial charge >= 0.3 is 0 Å². The van der Waals surface area contributed by atoms with Crippen LogP contribution >= 0.6 is 11.8 Å². The predicted octanol–water partition coefficient (Wildman–Crippen LogP) is 4.93. The highest BCUT2D eigenvalue weighted by Crippen LogP contribution is 2.30. The van der Waals surface area contributed by atoms with Crippen LogP contribution in [0.25, 0.3) is 17.1 Å². The molecule has 0 spiro atoms. The minimum atomic E-state index is -0.0314. The first-order valence-corrected chi connectivity index (χ1v) is 10.6. The van der Waals surface area contributed by atoms with Crippen LogP contribution in [0.4, 0.5) is 0 Å². The lowest BCUT2D eigenvalue weighted by Gasteiger charge is -2.11. The van der Waals surface area contributed by atoms with Gasteiger partial charge in [0, 0.05) is 11.3 Å². The Bertz CT molecular complexity index is 1170. The number of nitrogens with zero attached hydrogens (tertiary/aromatic N) is 3. The number of methoxy groups -OCH3 is 2. The third-order valence-electron chi connectivity index (χ3n) is 4.74. The predicted molar refractivity (Wildman–Crippen MR) is 121 cm³/mol. The van der Waals surface area contributed by atoms with Crippen LogP contribution in [0.15, 0.2) is 84.0 Å². The fraction of sp³-hybridized carbons (Fsp3) is 0.125. The fourth-order valence-corrected chi connectivity index (χ4v) is 4.02. The average molecular weight is 432 g/mol. The van der Waals surface area contributed by atoms with Gasteiger partial charge in [-0.25, -0.2) is 0 Å². The van der Waals surface area contributed by atoms with Gasteiger partial charge in [-0.05, 0) is 48.5 Å². The summed E-state index contributed by atoms with van der Waals surface area (Å²) in [5.41, 5.74) is 2.38. The first kappa shape index (κ1) is 20.7. The Hall–Kier alpha value is -3.58. The highest BCUT2D eigenvalue weighted by atomic mass is 32.2. The van der Waals surface area contributed by atoms with Crippen LogP contribution in [0.3, 0.4) is 0 Å². The molecule has 6 nitrogen and oxygen atoms in total. The SMILES string of the molecule is COc1ccc(-c2nnc(SCC(=O)c3ccccc3OC)n2-c2ccccc2)cc1. The van der Waals surface area contributed by atoms with Crippen molar-refractivity contribution in [3.05, 3.63) is 84.4 Å². The topological polar surface area (TPSA) is 66.2 Å². The normalized spacial score (nSPS) is 10.6. The molecule has 0 aliphatic rings. The van der Waals surface area contributed by atoms with E-state index in [2.05, 4.69) is 10.2 Å². The van der Waals surface area contributed by atoms with Crippen molar-refractivity contribution in [2.75, 3.05) is 20.0 Å². The maximum Gasteiger partial charge on any atom is 0.196 e. The lowest BCUT2D eigenvalue weighted by atomic mass is 10.1. The van der Waals surface area contributed by atoms with Gasteiger partial charge in [0.2, 0.25) is 0 Å². The number of hydrogen-bond donors (Lipinski definition) is 0. The quantitative estimate of drug-likeness (QED) is 0.291. The van der Waals surface area contributed by atoms with Crippen molar-refractivity contribution >= 4 is 17.5 Å². The summed E-state index contributed by atoms with van der Waals surface area (Å²) in [5, 5.41) is 9.44. The number of benzene rings is 3. The second-order valence-electron chi connectivity index (χ2n) is 6.62. The molecule has 0 atom stereocenters. The number of aromatic nitrogens is 3. The van der Waals surface area contributed by atoms with Crippen molar-refractivity contribution in [2.24, 2.45) is 0 Å². The van der Waals surface area contributed by atoms with Crippen molar-refractivity contribution in [1.29, 1.82) is 0 Å². The molecule has 0 bridgehead atoms. The van der Waals surface area contributed by atoms with Crippen LogP contribution < -0.4 is 9.47 Å². The number of para-hydroxylation sites is 2. The van der Waals surface area contributed by atoms with E-state index in [1.54, 1.807) is 26.4 Å². The molecular formula is C24H21N3O3S. The van der Waals surface area contributed by atoms with E-state index in [1.807, 2.05) is 71.3 Å². The van der Waals surface area contributed by atoms with Gasteiger partial charge in [0.25, 0.3) is 0 Å². The second kappa shape index (κ2) is 9.49. The molecule has 31 heavy (non-hydrogen) atoms. The van der Waals surface area contributed by atoms with Gasteiger partial charge in [-0.1, -0.05) is 42.1 Å². The standard InChI is InChI=1S/C24H21N3O3S/c1-29-19-14-12-17(13-15-19)23-25-26-24(27(23)18-8-4-3-5-9-18)31-16-21(28)20-10-6-7-11-22(20)30-2/h3-15H,16H2,1-2H3. The molecule has 0 saturated heterocycles. The number of Topliss-reactive ketones (excluding diaryl/α,β-unsaturated/α-hetero) is 1. The van der Waals surface area contributed by atoms with E-state index >= 15 is 0 Å². The summed E-state index contributed by atoms with van der Waals surface area (Å²) in [6.07, 6.45) is 0. The van der Waals surface area contributed by atoms with E-state index in [4.69, 9.17) is 9.47 Å². The maximum atomic E-state index is 12.8. The van der Waals surface area contributed by atoms with Crippen molar-refractivity contribution < 1.29 is 14.3 Å². The van der Waals surface area contributed by atoms with E-state index in [-0.39, 0.29) is 11.5 Å². The summed E-state index contributed by atoms with van der Waals surface area (Å²) in [6, 6.07) is 24.7. The zero-order valence-corrected chi connectivity index (χ0v) is 18.0. The van der Waals surface area contributed by atoms with Gasteiger partial charge in [-0.3, -0.25) is 9.36 Å². The first-order valence-electron chi connectivity index (χ1n) is 9.65. The molecule has 0 fully saturated rings. The van der Waals surface area contributed by atoms with Gasteiger partial charge in [0.1, 0.15) is 11.5 Å². The lowest BCUT2D eigenvalue weighted by molar-refractivity contribution is 0.101. The van der Waals surface area contributed by atoms with Crippen molar-refractivity contribution in [2.45, 2.75) is 5.16 Å². The molecule has 1 aromatic heterocycles. The maximum absolute atomic E-state index is 12.8. The van der Waals surface area contributed by atoms with E-state index in [1.165, 1.54) is 11.8 Å². The summed E-state index contributed by atoms with van der Waals surface area (Å²) >= 11 is 1.35. The molecule has 0 aliphatic heterocycles. The summed E-state index contributed by atoms with van der Waals surface area (Å²) in [4.78, 5) is 12.8. The monoisotopic (exact) mass is 431 g/mol. The fourth-order valence-electron chi connectivity index (χ4n) is 3.18. The van der Waals surface area contributed by atoms with Crippen LogP contribution in [-0.2, 0) is 0 Å². The average Bonchev–Trinajstić information content (AvgIpc) is 3.27.